The molecule has 8 nitrogen and oxygen atoms in total. The van der Waals surface area contributed by atoms with E-state index in [9.17, 15) is 19.7 Å². The molecule has 1 fully saturated rings. The van der Waals surface area contributed by atoms with Crippen molar-refractivity contribution in [3.8, 4) is 0 Å². The summed E-state index contributed by atoms with van der Waals surface area (Å²) in [6, 6.07) is 6.03. The van der Waals surface area contributed by atoms with Gasteiger partial charge in [-0.3, -0.25) is 19.7 Å². The Morgan fingerprint density at radius 1 is 1.32 bits per heavy atom. The molecule has 0 atom stereocenters. The first kappa shape index (κ1) is 15.9. The highest BCUT2D eigenvalue weighted by Gasteiger charge is 2.27. The van der Waals surface area contributed by atoms with E-state index in [1.807, 2.05) is 0 Å². The number of nitrogens with one attached hydrogen (secondary N) is 2. The molecule has 0 radical (unpaired) electrons. The normalized spacial score (nSPS) is 21.1. The molecular weight excluding hydrogens is 288 g/mol. The Bertz CT molecular complexity index is 582. The first-order valence-electron chi connectivity index (χ1n) is 7.13. The van der Waals surface area contributed by atoms with Crippen LogP contribution >= 0.6 is 0 Å². The quantitative estimate of drug-likeness (QED) is 0.493. The summed E-state index contributed by atoms with van der Waals surface area (Å²) in [5, 5.41) is 13.5. The van der Waals surface area contributed by atoms with Crippen LogP contribution in [0.4, 0.5) is 11.4 Å². The lowest BCUT2D eigenvalue weighted by molar-refractivity contribution is -0.897. The van der Waals surface area contributed by atoms with Gasteiger partial charge in [0.1, 0.15) is 5.69 Å². The second-order valence-corrected chi connectivity index (χ2v) is 5.43. The summed E-state index contributed by atoms with van der Waals surface area (Å²) in [7, 11) is 0. The van der Waals surface area contributed by atoms with Gasteiger partial charge in [-0.25, -0.2) is 0 Å². The van der Waals surface area contributed by atoms with Crippen LogP contribution in [0.1, 0.15) is 12.8 Å². The lowest BCUT2D eigenvalue weighted by Gasteiger charge is -2.27. The van der Waals surface area contributed by atoms with Crippen LogP contribution in [-0.2, 0) is 9.59 Å². The summed E-state index contributed by atoms with van der Waals surface area (Å²) < 4.78 is 0. The lowest BCUT2D eigenvalue weighted by atomic mass is 9.96. The van der Waals surface area contributed by atoms with Crippen LogP contribution in [0.25, 0.3) is 0 Å². The second-order valence-electron chi connectivity index (χ2n) is 5.43. The summed E-state index contributed by atoms with van der Waals surface area (Å²) in [5.41, 5.74) is 5.34. The van der Waals surface area contributed by atoms with Gasteiger partial charge in [0.15, 0.2) is 6.54 Å². The monoisotopic (exact) mass is 307 g/mol. The Labute approximate surface area is 127 Å². The molecule has 0 unspecified atom stereocenters. The van der Waals surface area contributed by atoms with E-state index in [0.29, 0.717) is 25.9 Å². The number of primary amides is 1. The fraction of sp³-hybridized carbons (Fsp3) is 0.429. The SMILES string of the molecule is NC(=O)C1CC[NH+](CC(=O)Nc2ccccc2[N+](=O)[O-])CC1. The number of nitrogens with two attached hydrogens (primary N) is 1. The van der Waals surface area contributed by atoms with Crippen LogP contribution in [0.15, 0.2) is 24.3 Å². The second kappa shape index (κ2) is 6.99. The first-order chi connectivity index (χ1) is 10.5. The van der Waals surface area contributed by atoms with Crippen molar-refractivity contribution in [2.24, 2.45) is 11.7 Å². The molecule has 0 aliphatic carbocycles. The van der Waals surface area contributed by atoms with Gasteiger partial charge in [0, 0.05) is 24.8 Å². The molecule has 4 N–H and O–H groups in total. The number of nitro groups is 1. The van der Waals surface area contributed by atoms with Crippen molar-refractivity contribution in [2.75, 3.05) is 25.0 Å². The van der Waals surface area contributed by atoms with Gasteiger partial charge in [-0.15, -0.1) is 0 Å². The number of amides is 2. The average molecular weight is 307 g/mol. The highest BCUT2D eigenvalue weighted by atomic mass is 16.6. The Morgan fingerprint density at radius 3 is 2.55 bits per heavy atom. The molecule has 0 bridgehead atoms. The number of anilines is 1. The minimum atomic E-state index is -0.527. The zero-order chi connectivity index (χ0) is 16.1. The minimum Gasteiger partial charge on any atom is -0.369 e. The maximum Gasteiger partial charge on any atom is 0.292 e. The molecule has 0 saturated carbocycles. The number of quaternary nitrogens is 1. The van der Waals surface area contributed by atoms with Gasteiger partial charge in [-0.2, -0.15) is 0 Å². The summed E-state index contributed by atoms with van der Waals surface area (Å²) in [5.74, 6) is -0.674. The average Bonchev–Trinajstić information content (AvgIpc) is 2.48. The number of carbonyl (C=O) groups is 2. The highest BCUT2D eigenvalue weighted by Crippen LogP contribution is 2.22. The van der Waals surface area contributed by atoms with E-state index in [1.165, 1.54) is 12.1 Å². The fourth-order valence-electron chi connectivity index (χ4n) is 2.65. The van der Waals surface area contributed by atoms with Gasteiger partial charge in [0.05, 0.1) is 18.0 Å². The predicted octanol–water partition coefficient (Wildman–Crippen LogP) is -0.686. The van der Waals surface area contributed by atoms with Crippen molar-refractivity contribution >= 4 is 23.2 Å². The van der Waals surface area contributed by atoms with E-state index < -0.39 is 4.92 Å². The van der Waals surface area contributed by atoms with Gasteiger partial charge >= 0.3 is 0 Å². The molecule has 2 amide bonds. The van der Waals surface area contributed by atoms with E-state index in [1.54, 1.807) is 12.1 Å². The van der Waals surface area contributed by atoms with Crippen LogP contribution in [0, 0.1) is 16.0 Å². The molecular formula is C14H19N4O4+. The van der Waals surface area contributed by atoms with Crippen LogP contribution in [0.2, 0.25) is 0 Å². The molecule has 1 aromatic carbocycles. The summed E-state index contributed by atoms with van der Waals surface area (Å²) in [4.78, 5) is 34.5. The minimum absolute atomic E-state index is 0.109. The predicted molar refractivity (Wildman–Crippen MR) is 79.2 cm³/mol. The molecule has 1 heterocycles. The van der Waals surface area contributed by atoms with Crippen molar-refractivity contribution in [3.63, 3.8) is 0 Å². The van der Waals surface area contributed by atoms with Crippen LogP contribution in [-0.4, -0.2) is 36.4 Å². The molecule has 0 spiro atoms. The third kappa shape index (κ3) is 4.01. The van der Waals surface area contributed by atoms with Crippen LogP contribution in [0.3, 0.4) is 0 Å². The van der Waals surface area contributed by atoms with Gasteiger partial charge in [-0.1, -0.05) is 12.1 Å². The molecule has 0 aromatic heterocycles. The van der Waals surface area contributed by atoms with Crippen molar-refractivity contribution in [2.45, 2.75) is 12.8 Å². The Morgan fingerprint density at radius 2 is 1.95 bits per heavy atom. The summed E-state index contributed by atoms with van der Waals surface area (Å²) in [6.07, 6.45) is 1.34. The number of carbonyl (C=O) groups excluding carboxylic acids is 2. The van der Waals surface area contributed by atoms with Gasteiger partial charge in [-0.05, 0) is 6.07 Å². The van der Waals surface area contributed by atoms with Crippen LogP contribution in [0.5, 0.6) is 0 Å². The molecule has 1 saturated heterocycles. The molecule has 118 valence electrons. The molecule has 1 aliphatic heterocycles. The summed E-state index contributed by atoms with van der Waals surface area (Å²) >= 11 is 0. The Kier molecular flexibility index (Phi) is 5.05. The molecule has 2 rings (SSSR count). The first-order valence-corrected chi connectivity index (χ1v) is 7.13. The van der Waals surface area contributed by atoms with Gasteiger partial charge < -0.3 is 16.0 Å². The van der Waals surface area contributed by atoms with Crippen molar-refractivity contribution in [1.82, 2.24) is 0 Å². The summed E-state index contributed by atoms with van der Waals surface area (Å²) in [6.45, 7) is 1.60. The molecule has 1 aliphatic rings. The highest BCUT2D eigenvalue weighted by molar-refractivity contribution is 5.93. The van der Waals surface area contributed by atoms with E-state index in [4.69, 9.17) is 5.73 Å². The zero-order valence-corrected chi connectivity index (χ0v) is 12.1. The van der Waals surface area contributed by atoms with E-state index in [0.717, 1.165) is 4.90 Å². The molecule has 1 aromatic rings. The van der Waals surface area contributed by atoms with E-state index >= 15 is 0 Å². The van der Waals surface area contributed by atoms with Crippen molar-refractivity contribution in [1.29, 1.82) is 0 Å². The maximum atomic E-state index is 12.0. The zero-order valence-electron chi connectivity index (χ0n) is 12.1. The third-order valence-corrected chi connectivity index (χ3v) is 3.88. The number of hydrogen-bond acceptors (Lipinski definition) is 4. The number of para-hydroxylation sites is 2. The van der Waals surface area contributed by atoms with Crippen LogP contribution < -0.4 is 16.0 Å². The number of likely N-dealkylation sites (tertiary alicyclic amines) is 1. The largest absolute Gasteiger partial charge is 0.369 e. The standard InChI is InChI=1S/C14H18N4O4/c15-14(20)10-5-7-17(8-6-10)9-13(19)16-11-3-1-2-4-12(11)18(21)22/h1-4,10H,5-9H2,(H2,15,20)(H,16,19)/p+1. The van der Waals surface area contributed by atoms with Crippen molar-refractivity contribution < 1.29 is 19.4 Å². The van der Waals surface area contributed by atoms with Crippen molar-refractivity contribution in [3.05, 3.63) is 34.4 Å². The fourth-order valence-corrected chi connectivity index (χ4v) is 2.65. The van der Waals surface area contributed by atoms with E-state index in [2.05, 4.69) is 5.32 Å². The van der Waals surface area contributed by atoms with Gasteiger partial charge in [0.25, 0.3) is 11.6 Å². The third-order valence-electron chi connectivity index (χ3n) is 3.88. The number of nitro benzene ring substituents is 1. The number of hydrogen-bond donors (Lipinski definition) is 3. The molecule has 22 heavy (non-hydrogen) atoms. The van der Waals surface area contributed by atoms with E-state index in [-0.39, 0.29) is 35.7 Å². The number of piperidine rings is 1. The lowest BCUT2D eigenvalue weighted by Crippen LogP contribution is -3.14. The Hall–Kier alpha value is -2.48. The van der Waals surface area contributed by atoms with Gasteiger partial charge in [0.2, 0.25) is 5.91 Å². The number of rotatable bonds is 5. The Balaban J connectivity index is 1.89. The number of benzene rings is 1. The maximum absolute atomic E-state index is 12.0. The number of nitrogens with zero attached hydrogens (tertiary/aromatic N) is 1. The molecule has 8 heteroatoms. The topological polar surface area (TPSA) is 120 Å². The smallest absolute Gasteiger partial charge is 0.292 e.